The molecule has 0 aliphatic carbocycles. The maximum atomic E-state index is 13.9. The highest BCUT2D eigenvalue weighted by atomic mass is 35.5. The normalized spacial score (nSPS) is 21.6. The molecular formula is C14H18ClFN2O4S. The monoisotopic (exact) mass is 364 g/mol. The molecule has 1 saturated heterocycles. The lowest BCUT2D eigenvalue weighted by molar-refractivity contribution is 0.0922. The van der Waals surface area contributed by atoms with Crippen LogP contribution in [0.1, 0.15) is 10.4 Å². The molecule has 2 atom stereocenters. The molecule has 1 heterocycles. The Morgan fingerprint density at radius 1 is 1.43 bits per heavy atom. The first kappa shape index (κ1) is 18.1. The van der Waals surface area contributed by atoms with Crippen LogP contribution in [0.3, 0.4) is 0 Å². The number of nitrogens with one attached hydrogen (secondary N) is 1. The SMILES string of the molecule is CN(C)S(=O)(=O)C[C@@H]1COC[C@@H]1NC(=O)c1cccc(Cl)c1F. The Bertz CT molecular complexity index is 696. The van der Waals surface area contributed by atoms with Crippen molar-refractivity contribution < 1.29 is 22.3 Å². The number of sulfonamides is 1. The Hall–Kier alpha value is -1.22. The van der Waals surface area contributed by atoms with Crippen molar-refractivity contribution in [3.05, 3.63) is 34.6 Å². The van der Waals surface area contributed by atoms with Gasteiger partial charge < -0.3 is 10.1 Å². The van der Waals surface area contributed by atoms with Gasteiger partial charge in [-0.25, -0.2) is 17.1 Å². The van der Waals surface area contributed by atoms with Crippen LogP contribution in [0.5, 0.6) is 0 Å². The fourth-order valence-corrected chi connectivity index (χ4v) is 3.61. The number of rotatable bonds is 5. The summed E-state index contributed by atoms with van der Waals surface area (Å²) in [6, 6.07) is 3.63. The van der Waals surface area contributed by atoms with Gasteiger partial charge in [0.05, 0.1) is 35.6 Å². The summed E-state index contributed by atoms with van der Waals surface area (Å²) in [6.07, 6.45) is 0. The van der Waals surface area contributed by atoms with Gasteiger partial charge in [0.2, 0.25) is 10.0 Å². The Morgan fingerprint density at radius 3 is 2.78 bits per heavy atom. The lowest BCUT2D eigenvalue weighted by Gasteiger charge is -2.21. The molecule has 0 spiro atoms. The van der Waals surface area contributed by atoms with E-state index in [9.17, 15) is 17.6 Å². The molecule has 6 nitrogen and oxygen atoms in total. The average Bonchev–Trinajstić information content (AvgIpc) is 2.88. The third-order valence-corrected chi connectivity index (χ3v) is 5.95. The van der Waals surface area contributed by atoms with Crippen LogP contribution < -0.4 is 5.32 Å². The molecule has 1 aromatic carbocycles. The zero-order chi connectivity index (χ0) is 17.2. The van der Waals surface area contributed by atoms with Crippen LogP contribution in [0.2, 0.25) is 5.02 Å². The molecular weight excluding hydrogens is 347 g/mol. The molecule has 0 radical (unpaired) electrons. The van der Waals surface area contributed by atoms with Crippen LogP contribution in [0.4, 0.5) is 4.39 Å². The summed E-state index contributed by atoms with van der Waals surface area (Å²) in [5.74, 6) is -1.99. The number of amides is 1. The minimum absolute atomic E-state index is 0.146. The van der Waals surface area contributed by atoms with Gasteiger partial charge in [-0.15, -0.1) is 0 Å². The highest BCUT2D eigenvalue weighted by Crippen LogP contribution is 2.20. The number of hydrogen-bond acceptors (Lipinski definition) is 4. The molecule has 1 fully saturated rings. The summed E-state index contributed by atoms with van der Waals surface area (Å²) in [4.78, 5) is 12.2. The van der Waals surface area contributed by atoms with Crippen LogP contribution in [0, 0.1) is 11.7 Å². The summed E-state index contributed by atoms with van der Waals surface area (Å²) >= 11 is 5.66. The van der Waals surface area contributed by atoms with Gasteiger partial charge in [0.1, 0.15) is 0 Å². The van der Waals surface area contributed by atoms with Crippen molar-refractivity contribution in [1.82, 2.24) is 9.62 Å². The standard InChI is InChI=1S/C14H18ClFN2O4S/c1-18(2)23(20,21)8-9-6-22-7-12(9)17-14(19)10-4-3-5-11(15)13(10)16/h3-5,9,12H,6-8H2,1-2H3,(H,17,19)/t9-,12-/m0/s1. The number of benzene rings is 1. The summed E-state index contributed by atoms with van der Waals surface area (Å²) in [7, 11) is -0.534. The molecule has 1 aliphatic rings. The minimum atomic E-state index is -3.42. The van der Waals surface area contributed by atoms with Crippen LogP contribution in [0.15, 0.2) is 18.2 Å². The van der Waals surface area contributed by atoms with E-state index in [-0.39, 0.29) is 29.6 Å². The molecule has 0 aromatic heterocycles. The minimum Gasteiger partial charge on any atom is -0.379 e. The van der Waals surface area contributed by atoms with Crippen molar-refractivity contribution in [3.8, 4) is 0 Å². The van der Waals surface area contributed by atoms with Gasteiger partial charge in [-0.3, -0.25) is 4.79 Å². The topological polar surface area (TPSA) is 75.7 Å². The third-order valence-electron chi connectivity index (χ3n) is 3.69. The molecule has 0 bridgehead atoms. The van der Waals surface area contributed by atoms with E-state index in [1.165, 1.54) is 32.3 Å². The first-order valence-electron chi connectivity index (χ1n) is 6.95. The number of nitrogens with zero attached hydrogens (tertiary/aromatic N) is 1. The largest absolute Gasteiger partial charge is 0.379 e. The molecule has 0 saturated carbocycles. The molecule has 0 unspecified atom stereocenters. The maximum absolute atomic E-state index is 13.9. The molecule has 23 heavy (non-hydrogen) atoms. The van der Waals surface area contributed by atoms with E-state index in [0.29, 0.717) is 0 Å². The number of halogens is 2. The molecule has 9 heteroatoms. The second-order valence-electron chi connectivity index (χ2n) is 5.54. The maximum Gasteiger partial charge on any atom is 0.254 e. The van der Waals surface area contributed by atoms with Crippen molar-refractivity contribution in [2.24, 2.45) is 5.92 Å². The van der Waals surface area contributed by atoms with Crippen LogP contribution in [-0.4, -0.2) is 57.7 Å². The first-order chi connectivity index (χ1) is 10.7. The van der Waals surface area contributed by atoms with Gasteiger partial charge in [0, 0.05) is 20.0 Å². The Balaban J connectivity index is 2.09. The smallest absolute Gasteiger partial charge is 0.254 e. The highest BCUT2D eigenvalue weighted by molar-refractivity contribution is 7.89. The predicted molar refractivity (Wildman–Crippen MR) is 84.4 cm³/mol. The summed E-state index contributed by atoms with van der Waals surface area (Å²) < 4.78 is 44.2. The zero-order valence-electron chi connectivity index (χ0n) is 12.8. The van der Waals surface area contributed by atoms with E-state index in [4.69, 9.17) is 16.3 Å². The van der Waals surface area contributed by atoms with Crippen molar-refractivity contribution in [2.75, 3.05) is 33.1 Å². The third kappa shape index (κ3) is 4.20. The van der Waals surface area contributed by atoms with Gasteiger partial charge in [0.15, 0.2) is 5.82 Å². The highest BCUT2D eigenvalue weighted by Gasteiger charge is 2.34. The predicted octanol–water partition coefficient (Wildman–Crippen LogP) is 1.12. The fourth-order valence-electron chi connectivity index (χ4n) is 2.27. The fraction of sp³-hybridized carbons (Fsp3) is 0.500. The first-order valence-corrected chi connectivity index (χ1v) is 8.94. The summed E-state index contributed by atoms with van der Waals surface area (Å²) in [6.45, 7) is 0.400. The van der Waals surface area contributed by atoms with Crippen molar-refractivity contribution in [3.63, 3.8) is 0 Å². The van der Waals surface area contributed by atoms with E-state index in [1.54, 1.807) is 0 Å². The second-order valence-corrected chi connectivity index (χ2v) is 8.17. The molecule has 1 aliphatic heterocycles. The zero-order valence-corrected chi connectivity index (χ0v) is 14.3. The van der Waals surface area contributed by atoms with E-state index < -0.39 is 33.7 Å². The van der Waals surface area contributed by atoms with Crippen LogP contribution in [0.25, 0.3) is 0 Å². The second kappa shape index (κ2) is 7.12. The van der Waals surface area contributed by atoms with Gasteiger partial charge in [0.25, 0.3) is 5.91 Å². The Morgan fingerprint density at radius 2 is 2.13 bits per heavy atom. The quantitative estimate of drug-likeness (QED) is 0.849. The van der Waals surface area contributed by atoms with Crippen LogP contribution >= 0.6 is 11.6 Å². The van der Waals surface area contributed by atoms with E-state index in [1.807, 2.05) is 0 Å². The molecule has 1 amide bonds. The van der Waals surface area contributed by atoms with Crippen molar-refractivity contribution in [1.29, 1.82) is 0 Å². The van der Waals surface area contributed by atoms with Gasteiger partial charge in [-0.1, -0.05) is 17.7 Å². The van der Waals surface area contributed by atoms with Gasteiger partial charge in [-0.2, -0.15) is 0 Å². The Labute approximate surface area is 139 Å². The van der Waals surface area contributed by atoms with E-state index >= 15 is 0 Å². The van der Waals surface area contributed by atoms with Crippen molar-refractivity contribution >= 4 is 27.5 Å². The summed E-state index contributed by atoms with van der Waals surface area (Å²) in [5, 5.41) is 2.48. The summed E-state index contributed by atoms with van der Waals surface area (Å²) in [5.41, 5.74) is -0.182. The lowest BCUT2D eigenvalue weighted by Crippen LogP contribution is -2.43. The van der Waals surface area contributed by atoms with Crippen LogP contribution in [-0.2, 0) is 14.8 Å². The van der Waals surface area contributed by atoms with E-state index in [0.717, 1.165) is 4.31 Å². The number of carbonyl (C=O) groups is 1. The molecule has 1 aromatic rings. The van der Waals surface area contributed by atoms with Crippen molar-refractivity contribution in [2.45, 2.75) is 6.04 Å². The molecule has 1 N–H and O–H groups in total. The Kier molecular flexibility index (Phi) is 5.61. The lowest BCUT2D eigenvalue weighted by atomic mass is 10.1. The van der Waals surface area contributed by atoms with Gasteiger partial charge >= 0.3 is 0 Å². The van der Waals surface area contributed by atoms with Gasteiger partial charge in [-0.05, 0) is 12.1 Å². The number of hydrogen-bond donors (Lipinski definition) is 1. The molecule has 128 valence electrons. The number of carbonyl (C=O) groups excluding carboxylic acids is 1. The average molecular weight is 365 g/mol. The molecule has 2 rings (SSSR count). The van der Waals surface area contributed by atoms with E-state index in [2.05, 4.69) is 5.32 Å². The number of ether oxygens (including phenoxy) is 1.